The smallest absolute Gasteiger partial charge is 0.244 e. The molecule has 1 heterocycles. The molecule has 3 rings (SSSR count). The SMILES string of the molecule is COC[C@H](N[C@@H]1C[C@@H](C)N(c2ccccc2)C1=O)C1CC1. The molecule has 2 aliphatic rings. The van der Waals surface area contributed by atoms with Gasteiger partial charge in [0.2, 0.25) is 5.91 Å². The van der Waals surface area contributed by atoms with Crippen molar-refractivity contribution in [2.24, 2.45) is 5.92 Å². The summed E-state index contributed by atoms with van der Waals surface area (Å²) in [7, 11) is 1.73. The maximum absolute atomic E-state index is 12.7. The molecule has 21 heavy (non-hydrogen) atoms. The van der Waals surface area contributed by atoms with Crippen molar-refractivity contribution in [1.82, 2.24) is 5.32 Å². The minimum Gasteiger partial charge on any atom is -0.383 e. The van der Waals surface area contributed by atoms with Crippen molar-refractivity contribution in [3.05, 3.63) is 30.3 Å². The summed E-state index contributed by atoms with van der Waals surface area (Å²) in [5, 5.41) is 3.54. The highest BCUT2D eigenvalue weighted by Crippen LogP contribution is 2.34. The molecule has 0 unspecified atom stereocenters. The third kappa shape index (κ3) is 3.11. The van der Waals surface area contributed by atoms with E-state index in [1.54, 1.807) is 7.11 Å². The Labute approximate surface area is 126 Å². The Bertz CT molecular complexity index is 487. The van der Waals surface area contributed by atoms with Crippen molar-refractivity contribution < 1.29 is 9.53 Å². The summed E-state index contributed by atoms with van der Waals surface area (Å²) < 4.78 is 5.30. The average Bonchev–Trinajstić information content (AvgIpc) is 3.28. The van der Waals surface area contributed by atoms with Crippen molar-refractivity contribution >= 4 is 11.6 Å². The molecule has 1 saturated carbocycles. The number of carbonyl (C=O) groups excluding carboxylic acids is 1. The van der Waals surface area contributed by atoms with E-state index in [0.717, 1.165) is 12.1 Å². The largest absolute Gasteiger partial charge is 0.383 e. The van der Waals surface area contributed by atoms with Crippen LogP contribution in [0.3, 0.4) is 0 Å². The van der Waals surface area contributed by atoms with Crippen LogP contribution in [0.5, 0.6) is 0 Å². The number of methoxy groups -OCH3 is 1. The number of ether oxygens (including phenoxy) is 1. The molecule has 0 bridgehead atoms. The summed E-state index contributed by atoms with van der Waals surface area (Å²) in [6.07, 6.45) is 3.36. The highest BCUT2D eigenvalue weighted by atomic mass is 16.5. The predicted octanol–water partition coefficient (Wildman–Crippen LogP) is 2.20. The molecule has 114 valence electrons. The number of rotatable bonds is 6. The van der Waals surface area contributed by atoms with Gasteiger partial charge in [-0.3, -0.25) is 4.79 Å². The minimum absolute atomic E-state index is 0.0824. The van der Waals surface area contributed by atoms with Gasteiger partial charge in [-0.05, 0) is 44.2 Å². The Morgan fingerprint density at radius 1 is 1.33 bits per heavy atom. The normalized spacial score (nSPS) is 27.1. The molecule has 4 nitrogen and oxygen atoms in total. The van der Waals surface area contributed by atoms with Crippen molar-refractivity contribution in [1.29, 1.82) is 0 Å². The van der Waals surface area contributed by atoms with Crippen LogP contribution >= 0.6 is 0 Å². The van der Waals surface area contributed by atoms with Gasteiger partial charge in [0.15, 0.2) is 0 Å². The van der Waals surface area contributed by atoms with E-state index >= 15 is 0 Å². The van der Waals surface area contributed by atoms with Crippen LogP contribution in [0.2, 0.25) is 0 Å². The van der Waals surface area contributed by atoms with Crippen LogP contribution in [0.1, 0.15) is 26.2 Å². The van der Waals surface area contributed by atoms with Gasteiger partial charge in [0, 0.05) is 24.9 Å². The van der Waals surface area contributed by atoms with Gasteiger partial charge < -0.3 is 15.0 Å². The van der Waals surface area contributed by atoms with Crippen LogP contribution in [0.25, 0.3) is 0 Å². The first-order chi connectivity index (χ1) is 10.2. The fourth-order valence-electron chi connectivity index (χ4n) is 3.30. The second-order valence-electron chi connectivity index (χ2n) is 6.25. The zero-order valence-corrected chi connectivity index (χ0v) is 12.8. The topological polar surface area (TPSA) is 41.6 Å². The second kappa shape index (κ2) is 6.16. The van der Waals surface area contributed by atoms with Gasteiger partial charge in [-0.25, -0.2) is 0 Å². The van der Waals surface area contributed by atoms with E-state index in [9.17, 15) is 4.79 Å². The first-order valence-electron chi connectivity index (χ1n) is 7.84. The molecule has 0 aromatic heterocycles. The number of nitrogens with one attached hydrogen (secondary N) is 1. The number of hydrogen-bond acceptors (Lipinski definition) is 3. The molecule has 1 saturated heterocycles. The van der Waals surface area contributed by atoms with Gasteiger partial charge in [-0.2, -0.15) is 0 Å². The van der Waals surface area contributed by atoms with E-state index < -0.39 is 0 Å². The van der Waals surface area contributed by atoms with E-state index in [0.29, 0.717) is 18.6 Å². The lowest BCUT2D eigenvalue weighted by Gasteiger charge is -2.23. The first-order valence-corrected chi connectivity index (χ1v) is 7.84. The molecular formula is C17H24N2O2. The van der Waals surface area contributed by atoms with E-state index in [4.69, 9.17) is 4.74 Å². The van der Waals surface area contributed by atoms with Gasteiger partial charge in [-0.1, -0.05) is 18.2 Å². The summed E-state index contributed by atoms with van der Waals surface area (Å²) in [6, 6.07) is 10.4. The second-order valence-corrected chi connectivity index (χ2v) is 6.25. The van der Waals surface area contributed by atoms with Gasteiger partial charge in [0.1, 0.15) is 0 Å². The molecule has 1 N–H and O–H groups in total. The molecular weight excluding hydrogens is 264 g/mol. The number of para-hydroxylation sites is 1. The van der Waals surface area contributed by atoms with E-state index in [2.05, 4.69) is 12.2 Å². The fraction of sp³-hybridized carbons (Fsp3) is 0.588. The molecule has 1 aromatic carbocycles. The Morgan fingerprint density at radius 2 is 2.05 bits per heavy atom. The highest BCUT2D eigenvalue weighted by Gasteiger charge is 2.41. The standard InChI is InChI=1S/C17H24N2O2/c1-12-10-15(18-16(11-21-2)13-8-9-13)17(20)19(12)14-6-4-3-5-7-14/h3-7,12-13,15-16,18H,8-11H2,1-2H3/t12-,15-,16+/m1/s1. The monoisotopic (exact) mass is 288 g/mol. The van der Waals surface area contributed by atoms with Crippen LogP contribution in [0.4, 0.5) is 5.69 Å². The van der Waals surface area contributed by atoms with Crippen LogP contribution in [-0.4, -0.2) is 37.7 Å². The molecule has 0 radical (unpaired) electrons. The number of hydrogen-bond donors (Lipinski definition) is 1. The maximum atomic E-state index is 12.7. The van der Waals surface area contributed by atoms with Crippen molar-refractivity contribution in [2.75, 3.05) is 18.6 Å². The first kappa shape index (κ1) is 14.5. The number of benzene rings is 1. The molecule has 3 atom stereocenters. The lowest BCUT2D eigenvalue weighted by Crippen LogP contribution is -2.46. The van der Waals surface area contributed by atoms with Crippen LogP contribution in [-0.2, 0) is 9.53 Å². The summed E-state index contributed by atoms with van der Waals surface area (Å²) in [5.74, 6) is 0.870. The number of amides is 1. The Kier molecular flexibility index (Phi) is 4.27. The minimum atomic E-state index is -0.0824. The van der Waals surface area contributed by atoms with Crippen molar-refractivity contribution in [3.8, 4) is 0 Å². The van der Waals surface area contributed by atoms with Gasteiger partial charge in [0.05, 0.1) is 12.6 Å². The highest BCUT2D eigenvalue weighted by molar-refractivity contribution is 6.00. The Morgan fingerprint density at radius 3 is 2.67 bits per heavy atom. The summed E-state index contributed by atoms with van der Waals surface area (Å²) in [4.78, 5) is 14.6. The maximum Gasteiger partial charge on any atom is 0.244 e. The van der Waals surface area contributed by atoms with E-state index in [1.807, 2.05) is 35.2 Å². The lowest BCUT2D eigenvalue weighted by atomic mass is 10.1. The third-order valence-electron chi connectivity index (χ3n) is 4.54. The molecule has 4 heteroatoms. The van der Waals surface area contributed by atoms with Gasteiger partial charge in [-0.15, -0.1) is 0 Å². The van der Waals surface area contributed by atoms with E-state index in [-0.39, 0.29) is 18.0 Å². The molecule has 0 spiro atoms. The fourth-order valence-corrected chi connectivity index (χ4v) is 3.30. The van der Waals surface area contributed by atoms with Crippen LogP contribution in [0.15, 0.2) is 30.3 Å². The molecule has 1 aromatic rings. The Hall–Kier alpha value is -1.39. The number of anilines is 1. The van der Waals surface area contributed by atoms with E-state index in [1.165, 1.54) is 12.8 Å². The van der Waals surface area contributed by atoms with Crippen LogP contribution in [0, 0.1) is 5.92 Å². The van der Waals surface area contributed by atoms with Crippen LogP contribution < -0.4 is 10.2 Å². The zero-order chi connectivity index (χ0) is 14.8. The number of carbonyl (C=O) groups is 1. The summed E-state index contributed by atoms with van der Waals surface area (Å²) >= 11 is 0. The molecule has 1 amide bonds. The summed E-state index contributed by atoms with van der Waals surface area (Å²) in [6.45, 7) is 2.81. The molecule has 1 aliphatic carbocycles. The predicted molar refractivity (Wildman–Crippen MR) is 83.3 cm³/mol. The molecule has 1 aliphatic heterocycles. The quantitative estimate of drug-likeness (QED) is 0.872. The van der Waals surface area contributed by atoms with Crippen molar-refractivity contribution in [3.63, 3.8) is 0 Å². The summed E-state index contributed by atoms with van der Waals surface area (Å²) in [5.41, 5.74) is 0.994. The van der Waals surface area contributed by atoms with Crippen molar-refractivity contribution in [2.45, 2.75) is 44.3 Å². The third-order valence-corrected chi connectivity index (χ3v) is 4.54. The lowest BCUT2D eigenvalue weighted by molar-refractivity contribution is -0.119. The number of nitrogens with zero attached hydrogens (tertiary/aromatic N) is 1. The van der Waals surface area contributed by atoms with Gasteiger partial charge >= 0.3 is 0 Å². The Balaban J connectivity index is 1.69. The van der Waals surface area contributed by atoms with Gasteiger partial charge in [0.25, 0.3) is 0 Å². The zero-order valence-electron chi connectivity index (χ0n) is 12.8. The average molecular weight is 288 g/mol. The molecule has 2 fully saturated rings.